The molecular weight excluding hydrogens is 352 g/mol. The Morgan fingerprint density at radius 3 is 2.92 bits per heavy atom. The van der Waals surface area contributed by atoms with Gasteiger partial charge in [-0.3, -0.25) is 9.69 Å². The van der Waals surface area contributed by atoms with Gasteiger partial charge in [-0.05, 0) is 26.0 Å². The smallest absolute Gasteiger partial charge is 0.230 e. The average Bonchev–Trinajstić information content (AvgIpc) is 3.07. The number of H-pyrrole nitrogens is 1. The van der Waals surface area contributed by atoms with E-state index in [2.05, 4.69) is 34.0 Å². The van der Waals surface area contributed by atoms with Gasteiger partial charge in [-0.1, -0.05) is 11.8 Å². The number of morpholine rings is 1. The molecule has 0 unspecified atom stereocenters. The SMILES string of the molecule is COc1ccc2nc(SCC(=O)NCC(C)(C)N3CCOCC3)[nH]c2c1. The average molecular weight is 378 g/mol. The molecule has 26 heavy (non-hydrogen) atoms. The zero-order valence-electron chi connectivity index (χ0n) is 15.5. The highest BCUT2D eigenvalue weighted by Gasteiger charge is 2.28. The van der Waals surface area contributed by atoms with Gasteiger partial charge in [0.2, 0.25) is 5.91 Å². The van der Waals surface area contributed by atoms with Crippen molar-refractivity contribution in [2.45, 2.75) is 24.5 Å². The minimum atomic E-state index is -0.0833. The molecule has 1 saturated heterocycles. The lowest BCUT2D eigenvalue weighted by molar-refractivity contribution is -0.119. The van der Waals surface area contributed by atoms with Crippen molar-refractivity contribution in [2.24, 2.45) is 0 Å². The Balaban J connectivity index is 1.49. The molecule has 2 N–H and O–H groups in total. The first kappa shape index (κ1) is 19.0. The molecule has 0 radical (unpaired) electrons. The van der Waals surface area contributed by atoms with Crippen LogP contribution in [0.4, 0.5) is 0 Å². The maximum Gasteiger partial charge on any atom is 0.230 e. The summed E-state index contributed by atoms with van der Waals surface area (Å²) in [4.78, 5) is 22.3. The van der Waals surface area contributed by atoms with Gasteiger partial charge in [-0.25, -0.2) is 4.98 Å². The van der Waals surface area contributed by atoms with E-state index >= 15 is 0 Å². The van der Waals surface area contributed by atoms with Crippen LogP contribution in [0, 0.1) is 0 Å². The maximum atomic E-state index is 12.2. The molecule has 0 saturated carbocycles. The molecule has 1 amide bonds. The number of carbonyl (C=O) groups is 1. The number of thioether (sulfide) groups is 1. The molecule has 2 heterocycles. The molecule has 1 aromatic heterocycles. The van der Waals surface area contributed by atoms with E-state index in [9.17, 15) is 4.79 Å². The molecule has 0 aliphatic carbocycles. The van der Waals surface area contributed by atoms with E-state index in [1.54, 1.807) is 7.11 Å². The van der Waals surface area contributed by atoms with Gasteiger partial charge in [-0.15, -0.1) is 0 Å². The van der Waals surface area contributed by atoms with E-state index < -0.39 is 0 Å². The number of hydrogen-bond donors (Lipinski definition) is 2. The van der Waals surface area contributed by atoms with Crippen LogP contribution >= 0.6 is 11.8 Å². The number of fused-ring (bicyclic) bond motifs is 1. The molecule has 0 atom stereocenters. The first-order chi connectivity index (χ1) is 12.5. The maximum absolute atomic E-state index is 12.2. The molecule has 1 fully saturated rings. The quantitative estimate of drug-likeness (QED) is 0.717. The van der Waals surface area contributed by atoms with Crippen molar-refractivity contribution >= 4 is 28.7 Å². The molecule has 7 nitrogen and oxygen atoms in total. The number of carbonyl (C=O) groups excluding carboxylic acids is 1. The van der Waals surface area contributed by atoms with Gasteiger partial charge in [0, 0.05) is 31.2 Å². The molecule has 2 aromatic rings. The highest BCUT2D eigenvalue weighted by Crippen LogP contribution is 2.23. The Hall–Kier alpha value is -1.77. The zero-order valence-corrected chi connectivity index (χ0v) is 16.3. The number of nitrogens with zero attached hydrogens (tertiary/aromatic N) is 2. The van der Waals surface area contributed by atoms with Crippen LogP contribution in [-0.2, 0) is 9.53 Å². The molecule has 8 heteroatoms. The predicted molar refractivity (Wildman–Crippen MR) is 103 cm³/mol. The third-order valence-corrected chi connectivity index (χ3v) is 5.47. The van der Waals surface area contributed by atoms with Crippen molar-refractivity contribution < 1.29 is 14.3 Å². The molecule has 0 bridgehead atoms. The largest absolute Gasteiger partial charge is 0.497 e. The Kier molecular flexibility index (Phi) is 6.05. The summed E-state index contributed by atoms with van der Waals surface area (Å²) in [5, 5.41) is 3.77. The summed E-state index contributed by atoms with van der Waals surface area (Å²) < 4.78 is 10.6. The van der Waals surface area contributed by atoms with Gasteiger partial charge in [-0.2, -0.15) is 0 Å². The lowest BCUT2D eigenvalue weighted by Crippen LogP contribution is -2.55. The van der Waals surface area contributed by atoms with Gasteiger partial charge in [0.1, 0.15) is 5.75 Å². The summed E-state index contributed by atoms with van der Waals surface area (Å²) >= 11 is 1.40. The fraction of sp³-hybridized carbons (Fsp3) is 0.556. The summed E-state index contributed by atoms with van der Waals surface area (Å²) in [7, 11) is 1.63. The van der Waals surface area contributed by atoms with E-state index in [1.807, 2.05) is 18.2 Å². The second-order valence-electron chi connectivity index (χ2n) is 6.90. The van der Waals surface area contributed by atoms with Gasteiger partial charge in [0.15, 0.2) is 5.16 Å². The van der Waals surface area contributed by atoms with Crippen LogP contribution < -0.4 is 10.1 Å². The molecule has 0 spiro atoms. The van der Waals surface area contributed by atoms with Crippen LogP contribution in [0.3, 0.4) is 0 Å². The molecule has 1 aliphatic rings. The van der Waals surface area contributed by atoms with E-state index in [4.69, 9.17) is 9.47 Å². The monoisotopic (exact) mass is 378 g/mol. The number of aromatic amines is 1. The highest BCUT2D eigenvalue weighted by molar-refractivity contribution is 7.99. The number of amides is 1. The fourth-order valence-corrected chi connectivity index (χ4v) is 3.66. The minimum Gasteiger partial charge on any atom is -0.497 e. The number of methoxy groups -OCH3 is 1. The number of nitrogens with one attached hydrogen (secondary N) is 2. The normalized spacial score (nSPS) is 16.0. The predicted octanol–water partition coefficient (Wildman–Crippen LogP) is 1.89. The number of imidazole rings is 1. The second-order valence-corrected chi connectivity index (χ2v) is 7.87. The van der Waals surface area contributed by atoms with Gasteiger partial charge < -0.3 is 19.8 Å². The van der Waals surface area contributed by atoms with E-state index in [1.165, 1.54) is 11.8 Å². The van der Waals surface area contributed by atoms with Crippen molar-refractivity contribution in [3.63, 3.8) is 0 Å². The molecule has 1 aromatic carbocycles. The summed E-state index contributed by atoms with van der Waals surface area (Å²) in [6.45, 7) is 8.23. The van der Waals surface area contributed by atoms with Crippen LogP contribution in [0.25, 0.3) is 11.0 Å². The highest BCUT2D eigenvalue weighted by atomic mass is 32.2. The first-order valence-electron chi connectivity index (χ1n) is 8.74. The molecule has 142 valence electrons. The van der Waals surface area contributed by atoms with Crippen molar-refractivity contribution in [1.82, 2.24) is 20.2 Å². The standard InChI is InChI=1S/C18H26N4O3S/c1-18(2,22-6-8-25-9-7-22)12-19-16(23)11-26-17-20-14-5-4-13(24-3)10-15(14)21-17/h4-5,10H,6-9,11-12H2,1-3H3,(H,19,23)(H,20,21). The van der Waals surface area contributed by atoms with Crippen molar-refractivity contribution in [2.75, 3.05) is 45.7 Å². The zero-order chi connectivity index (χ0) is 18.6. The van der Waals surface area contributed by atoms with Gasteiger partial charge >= 0.3 is 0 Å². The molecule has 1 aliphatic heterocycles. The number of aromatic nitrogens is 2. The van der Waals surface area contributed by atoms with E-state index in [-0.39, 0.29) is 11.4 Å². The summed E-state index contributed by atoms with van der Waals surface area (Å²) in [6, 6.07) is 5.68. The topological polar surface area (TPSA) is 79.5 Å². The van der Waals surface area contributed by atoms with E-state index in [0.29, 0.717) is 12.3 Å². The Bertz CT molecular complexity index is 756. The van der Waals surface area contributed by atoms with Crippen LogP contribution in [-0.4, -0.2) is 72.0 Å². The van der Waals surface area contributed by atoms with E-state index in [0.717, 1.165) is 48.2 Å². The van der Waals surface area contributed by atoms with Crippen LogP contribution in [0.1, 0.15) is 13.8 Å². The summed E-state index contributed by atoms with van der Waals surface area (Å²) in [6.07, 6.45) is 0. The third kappa shape index (κ3) is 4.69. The van der Waals surface area contributed by atoms with Gasteiger partial charge in [0.05, 0.1) is 37.1 Å². The fourth-order valence-electron chi connectivity index (χ4n) is 2.94. The molecule has 3 rings (SSSR count). The van der Waals surface area contributed by atoms with Crippen LogP contribution in [0.5, 0.6) is 5.75 Å². The lowest BCUT2D eigenvalue weighted by Gasteiger charge is -2.40. The summed E-state index contributed by atoms with van der Waals surface area (Å²) in [5.41, 5.74) is 1.68. The van der Waals surface area contributed by atoms with Gasteiger partial charge in [0.25, 0.3) is 0 Å². The molecular formula is C18H26N4O3S. The first-order valence-corrected chi connectivity index (χ1v) is 9.72. The third-order valence-electron chi connectivity index (χ3n) is 4.59. The number of rotatable bonds is 7. The van der Waals surface area contributed by atoms with Crippen molar-refractivity contribution in [3.05, 3.63) is 18.2 Å². The Morgan fingerprint density at radius 2 is 2.19 bits per heavy atom. The van der Waals surface area contributed by atoms with Crippen molar-refractivity contribution in [3.8, 4) is 5.75 Å². The van der Waals surface area contributed by atoms with Crippen molar-refractivity contribution in [1.29, 1.82) is 0 Å². The van der Waals surface area contributed by atoms with Crippen LogP contribution in [0.15, 0.2) is 23.4 Å². The number of ether oxygens (including phenoxy) is 2. The number of benzene rings is 1. The minimum absolute atomic E-state index is 0.00868. The number of hydrogen-bond acceptors (Lipinski definition) is 6. The van der Waals surface area contributed by atoms with Crippen LogP contribution in [0.2, 0.25) is 0 Å². The lowest BCUT2D eigenvalue weighted by atomic mass is 10.0. The Labute approximate surface area is 157 Å². The summed E-state index contributed by atoms with van der Waals surface area (Å²) in [5.74, 6) is 1.12. The Morgan fingerprint density at radius 1 is 1.42 bits per heavy atom. The second kappa shape index (κ2) is 8.28.